The van der Waals surface area contributed by atoms with Gasteiger partial charge in [0.25, 0.3) is 0 Å². The molecule has 2 N–H and O–H groups in total. The third kappa shape index (κ3) is 3.86. The highest BCUT2D eigenvalue weighted by Crippen LogP contribution is 2.28. The van der Waals surface area contributed by atoms with Crippen LogP contribution in [0, 0.1) is 5.92 Å². The Labute approximate surface area is 147 Å². The average Bonchev–Trinajstić information content (AvgIpc) is 3.25. The second-order valence-electron chi connectivity index (χ2n) is 6.69. The Morgan fingerprint density at radius 3 is 2.72 bits per heavy atom. The Balaban J connectivity index is 1.56. The summed E-state index contributed by atoms with van der Waals surface area (Å²) in [6, 6.07) is 0.110. The number of anilines is 1. The number of carbonyl (C=O) groups is 2. The third-order valence-electron chi connectivity index (χ3n) is 5.04. The number of likely N-dealkylation sites (tertiary alicyclic amines) is 1. The summed E-state index contributed by atoms with van der Waals surface area (Å²) >= 11 is 0. The molecule has 0 radical (unpaired) electrons. The molecule has 2 aliphatic rings. The lowest BCUT2D eigenvalue weighted by Gasteiger charge is -2.33. The van der Waals surface area contributed by atoms with E-state index in [4.69, 9.17) is 10.5 Å². The maximum Gasteiger partial charge on any atom is 0.343 e. The van der Waals surface area contributed by atoms with Crippen molar-refractivity contribution in [2.45, 2.75) is 45.1 Å². The fourth-order valence-corrected chi connectivity index (χ4v) is 3.61. The molecule has 136 valence electrons. The molecule has 0 bridgehead atoms. The fourth-order valence-electron chi connectivity index (χ4n) is 3.61. The minimum absolute atomic E-state index is 0.110. The van der Waals surface area contributed by atoms with Crippen LogP contribution in [0.5, 0.6) is 0 Å². The number of allylic oxidation sites excluding steroid dienone is 2. The molecule has 0 aromatic carbocycles. The van der Waals surface area contributed by atoms with E-state index in [1.807, 2.05) is 4.90 Å². The average molecular weight is 346 g/mol. The number of nitrogen functional groups attached to an aromatic ring is 1. The molecule has 1 aliphatic heterocycles. The van der Waals surface area contributed by atoms with Crippen molar-refractivity contribution in [1.82, 2.24) is 14.7 Å². The van der Waals surface area contributed by atoms with Crippen LogP contribution in [0.3, 0.4) is 0 Å². The lowest BCUT2D eigenvalue weighted by atomic mass is 10.0. The maximum absolute atomic E-state index is 12.4. The number of amides is 1. The van der Waals surface area contributed by atoms with Crippen LogP contribution in [0.2, 0.25) is 0 Å². The summed E-state index contributed by atoms with van der Waals surface area (Å²) in [5.41, 5.74) is 6.39. The van der Waals surface area contributed by atoms with Crippen LogP contribution >= 0.6 is 0 Å². The molecule has 1 aromatic heterocycles. The van der Waals surface area contributed by atoms with Crippen LogP contribution in [0.25, 0.3) is 0 Å². The standard InChI is InChI=1S/C18H26N4O3/c1-2-25-18(24)15-12-20-22(17(15)19)14-7-9-21(10-8-14)16(23)11-13-5-3-4-6-13/h3,5,12-14H,2,4,6-11,19H2,1H3. The zero-order valence-electron chi connectivity index (χ0n) is 14.7. The van der Waals surface area contributed by atoms with Crippen LogP contribution in [0.15, 0.2) is 18.3 Å². The second kappa shape index (κ2) is 7.72. The zero-order chi connectivity index (χ0) is 17.8. The van der Waals surface area contributed by atoms with Gasteiger partial charge in [-0.15, -0.1) is 0 Å². The van der Waals surface area contributed by atoms with Gasteiger partial charge in [-0.1, -0.05) is 12.2 Å². The number of nitrogens with zero attached hydrogens (tertiary/aromatic N) is 3. The lowest BCUT2D eigenvalue weighted by Crippen LogP contribution is -2.39. The molecule has 1 amide bonds. The number of carbonyl (C=O) groups excluding carboxylic acids is 2. The van der Waals surface area contributed by atoms with E-state index < -0.39 is 5.97 Å². The molecule has 1 saturated heterocycles. The van der Waals surface area contributed by atoms with Crippen LogP contribution in [0.1, 0.15) is 55.4 Å². The second-order valence-corrected chi connectivity index (χ2v) is 6.69. The number of piperidine rings is 1. The van der Waals surface area contributed by atoms with Crippen LogP contribution < -0.4 is 5.73 Å². The molecule has 3 rings (SSSR count). The Morgan fingerprint density at radius 1 is 1.32 bits per heavy atom. The molecule has 1 atom stereocenters. The molecule has 1 aliphatic carbocycles. The number of esters is 1. The molecular weight excluding hydrogens is 320 g/mol. The van der Waals surface area contributed by atoms with Crippen LogP contribution in [-0.2, 0) is 9.53 Å². The quantitative estimate of drug-likeness (QED) is 0.652. The van der Waals surface area contributed by atoms with E-state index in [1.165, 1.54) is 6.20 Å². The van der Waals surface area contributed by atoms with Gasteiger partial charge in [-0.2, -0.15) is 5.10 Å². The van der Waals surface area contributed by atoms with Crippen molar-refractivity contribution in [3.63, 3.8) is 0 Å². The number of ether oxygens (including phenoxy) is 1. The highest BCUT2D eigenvalue weighted by Gasteiger charge is 2.28. The van der Waals surface area contributed by atoms with Crippen molar-refractivity contribution < 1.29 is 14.3 Å². The largest absolute Gasteiger partial charge is 0.462 e. The third-order valence-corrected chi connectivity index (χ3v) is 5.04. The molecule has 2 heterocycles. The fraction of sp³-hybridized carbons (Fsp3) is 0.611. The predicted molar refractivity (Wildman–Crippen MR) is 93.9 cm³/mol. The van der Waals surface area contributed by atoms with E-state index >= 15 is 0 Å². The van der Waals surface area contributed by atoms with Gasteiger partial charge in [0.2, 0.25) is 5.91 Å². The molecule has 25 heavy (non-hydrogen) atoms. The molecule has 7 nitrogen and oxygen atoms in total. The SMILES string of the molecule is CCOC(=O)c1cnn(C2CCN(C(=O)CC3C=CCC3)CC2)c1N. The van der Waals surface area contributed by atoms with Gasteiger partial charge in [0.05, 0.1) is 18.8 Å². The first kappa shape index (κ1) is 17.5. The monoisotopic (exact) mass is 346 g/mol. The highest BCUT2D eigenvalue weighted by atomic mass is 16.5. The Hall–Kier alpha value is -2.31. The van der Waals surface area contributed by atoms with Crippen molar-refractivity contribution in [3.05, 3.63) is 23.9 Å². The lowest BCUT2D eigenvalue weighted by molar-refractivity contribution is -0.133. The van der Waals surface area contributed by atoms with E-state index in [0.29, 0.717) is 43.4 Å². The maximum atomic E-state index is 12.4. The Morgan fingerprint density at radius 2 is 2.08 bits per heavy atom. The smallest absolute Gasteiger partial charge is 0.343 e. The van der Waals surface area contributed by atoms with Crippen molar-refractivity contribution >= 4 is 17.7 Å². The van der Waals surface area contributed by atoms with Crippen molar-refractivity contribution in [2.75, 3.05) is 25.4 Å². The minimum Gasteiger partial charge on any atom is -0.462 e. The van der Waals surface area contributed by atoms with E-state index in [2.05, 4.69) is 17.3 Å². The molecule has 0 spiro atoms. The molecule has 0 saturated carbocycles. The van der Waals surface area contributed by atoms with Gasteiger partial charge in [0.15, 0.2) is 0 Å². The van der Waals surface area contributed by atoms with E-state index in [9.17, 15) is 9.59 Å². The predicted octanol–water partition coefficient (Wildman–Crippen LogP) is 2.16. The van der Waals surface area contributed by atoms with E-state index in [-0.39, 0.29) is 11.9 Å². The van der Waals surface area contributed by atoms with Crippen molar-refractivity contribution in [1.29, 1.82) is 0 Å². The molecule has 1 unspecified atom stereocenters. The van der Waals surface area contributed by atoms with Gasteiger partial charge < -0.3 is 15.4 Å². The van der Waals surface area contributed by atoms with Gasteiger partial charge in [0, 0.05) is 19.5 Å². The van der Waals surface area contributed by atoms with Gasteiger partial charge in [0.1, 0.15) is 11.4 Å². The number of nitrogens with two attached hydrogens (primary N) is 1. The summed E-state index contributed by atoms with van der Waals surface area (Å²) in [6.45, 7) is 3.47. The van der Waals surface area contributed by atoms with E-state index in [0.717, 1.165) is 25.7 Å². The summed E-state index contributed by atoms with van der Waals surface area (Å²) in [5, 5.41) is 4.27. The summed E-state index contributed by atoms with van der Waals surface area (Å²) in [5.74, 6) is 0.539. The summed E-state index contributed by atoms with van der Waals surface area (Å²) in [6.07, 6.45) is 10.2. The van der Waals surface area contributed by atoms with Gasteiger partial charge in [-0.3, -0.25) is 4.79 Å². The number of rotatable bonds is 5. The Kier molecular flexibility index (Phi) is 5.40. The minimum atomic E-state index is -0.441. The number of hydrogen-bond acceptors (Lipinski definition) is 5. The van der Waals surface area contributed by atoms with Crippen LogP contribution in [-0.4, -0.2) is 46.3 Å². The van der Waals surface area contributed by atoms with Gasteiger partial charge >= 0.3 is 5.97 Å². The summed E-state index contributed by atoms with van der Waals surface area (Å²) in [7, 11) is 0. The molecule has 1 fully saturated rings. The highest BCUT2D eigenvalue weighted by molar-refractivity contribution is 5.94. The number of aromatic nitrogens is 2. The Bertz CT molecular complexity index is 659. The molecular formula is C18H26N4O3. The summed E-state index contributed by atoms with van der Waals surface area (Å²) in [4.78, 5) is 26.2. The first-order valence-electron chi connectivity index (χ1n) is 9.04. The van der Waals surface area contributed by atoms with Gasteiger partial charge in [-0.05, 0) is 38.5 Å². The van der Waals surface area contributed by atoms with Crippen molar-refractivity contribution in [2.24, 2.45) is 5.92 Å². The first-order chi connectivity index (χ1) is 12.1. The first-order valence-corrected chi connectivity index (χ1v) is 9.04. The van der Waals surface area contributed by atoms with Crippen LogP contribution in [0.4, 0.5) is 5.82 Å². The molecule has 1 aromatic rings. The topological polar surface area (TPSA) is 90.5 Å². The zero-order valence-corrected chi connectivity index (χ0v) is 14.7. The van der Waals surface area contributed by atoms with E-state index in [1.54, 1.807) is 11.6 Å². The molecule has 7 heteroatoms. The van der Waals surface area contributed by atoms with Gasteiger partial charge in [-0.25, -0.2) is 9.48 Å². The normalized spacial score (nSPS) is 20.8. The number of hydrogen-bond donors (Lipinski definition) is 1. The van der Waals surface area contributed by atoms with Crippen molar-refractivity contribution in [3.8, 4) is 0 Å². The summed E-state index contributed by atoms with van der Waals surface area (Å²) < 4.78 is 6.69.